The number of ether oxygens (including phenoxy) is 3. The van der Waals surface area contributed by atoms with E-state index >= 15 is 0 Å². The highest BCUT2D eigenvalue weighted by molar-refractivity contribution is 6.76. The Bertz CT molecular complexity index is 897. The Morgan fingerprint density at radius 3 is 2.03 bits per heavy atom. The standard InChI is InChI=1S/C28H41NO5Si/c1-5-32-26(30)28(29,27(31)33-6-2)19-18-23-14-16-25(17-15-23)34-20-10-11-21-35(3,4)22-24-12-8-7-9-13-24/h7-9,12-17H,5-6,10-11,18-22,29H2,1-4H3. The normalized spacial score (nSPS) is 11.7. The van der Waals surface area contributed by atoms with Crippen LogP contribution < -0.4 is 10.5 Å². The van der Waals surface area contributed by atoms with Crippen molar-refractivity contribution in [3.63, 3.8) is 0 Å². The van der Waals surface area contributed by atoms with E-state index in [0.717, 1.165) is 17.7 Å². The molecule has 0 heterocycles. The molecule has 0 aliphatic rings. The zero-order valence-corrected chi connectivity index (χ0v) is 22.7. The van der Waals surface area contributed by atoms with Gasteiger partial charge < -0.3 is 19.9 Å². The van der Waals surface area contributed by atoms with Gasteiger partial charge in [-0.2, -0.15) is 0 Å². The van der Waals surface area contributed by atoms with Crippen LogP contribution in [0.3, 0.4) is 0 Å². The molecule has 0 aliphatic carbocycles. The van der Waals surface area contributed by atoms with Gasteiger partial charge >= 0.3 is 11.9 Å². The van der Waals surface area contributed by atoms with Gasteiger partial charge in [-0.3, -0.25) is 0 Å². The van der Waals surface area contributed by atoms with E-state index in [0.29, 0.717) is 13.0 Å². The summed E-state index contributed by atoms with van der Waals surface area (Å²) < 4.78 is 16.0. The lowest BCUT2D eigenvalue weighted by Crippen LogP contribution is -2.57. The zero-order chi connectivity index (χ0) is 25.7. The lowest BCUT2D eigenvalue weighted by molar-refractivity contribution is -0.164. The third kappa shape index (κ3) is 9.49. The molecule has 2 aromatic rings. The van der Waals surface area contributed by atoms with Gasteiger partial charge in [0.15, 0.2) is 0 Å². The lowest BCUT2D eigenvalue weighted by Gasteiger charge is -2.24. The van der Waals surface area contributed by atoms with E-state index in [1.165, 1.54) is 24.1 Å². The van der Waals surface area contributed by atoms with Crippen molar-refractivity contribution in [2.75, 3.05) is 19.8 Å². The number of benzene rings is 2. The first kappa shape index (κ1) is 28.6. The van der Waals surface area contributed by atoms with Gasteiger partial charge in [-0.05, 0) is 56.9 Å². The summed E-state index contributed by atoms with van der Waals surface area (Å²) in [5.74, 6) is -0.703. The molecule has 0 unspecified atom stereocenters. The van der Waals surface area contributed by atoms with Crippen molar-refractivity contribution >= 4 is 20.0 Å². The van der Waals surface area contributed by atoms with Crippen LogP contribution in [0.25, 0.3) is 0 Å². The van der Waals surface area contributed by atoms with Crippen LogP contribution in [0.4, 0.5) is 0 Å². The average molecular weight is 500 g/mol. The second-order valence-corrected chi connectivity index (χ2v) is 14.9. The minimum atomic E-state index is -1.81. The number of hydrogen-bond donors (Lipinski definition) is 1. The monoisotopic (exact) mass is 499 g/mol. The van der Waals surface area contributed by atoms with Crippen molar-refractivity contribution in [3.8, 4) is 5.75 Å². The van der Waals surface area contributed by atoms with Gasteiger partial charge in [0.2, 0.25) is 5.54 Å². The third-order valence-electron chi connectivity index (χ3n) is 6.05. The number of esters is 2. The van der Waals surface area contributed by atoms with Crippen LogP contribution in [0.15, 0.2) is 54.6 Å². The van der Waals surface area contributed by atoms with Crippen molar-refractivity contribution in [3.05, 3.63) is 65.7 Å². The number of rotatable bonds is 15. The number of carbonyl (C=O) groups is 2. The quantitative estimate of drug-likeness (QED) is 0.159. The molecular weight excluding hydrogens is 458 g/mol. The number of unbranched alkanes of at least 4 members (excludes halogenated alkanes) is 1. The second-order valence-electron chi connectivity index (χ2n) is 9.69. The molecule has 0 spiro atoms. The molecule has 0 aliphatic heterocycles. The SMILES string of the molecule is CCOC(=O)C(N)(CCc1ccc(OCCCC[Si](C)(C)Cc2ccccc2)cc1)C(=O)OCC. The van der Waals surface area contributed by atoms with Gasteiger partial charge in [-0.25, -0.2) is 9.59 Å². The summed E-state index contributed by atoms with van der Waals surface area (Å²) in [6.07, 6.45) is 2.75. The number of nitrogens with two attached hydrogens (primary N) is 1. The van der Waals surface area contributed by atoms with Crippen LogP contribution >= 0.6 is 0 Å². The fraction of sp³-hybridized carbons (Fsp3) is 0.500. The Morgan fingerprint density at radius 2 is 1.46 bits per heavy atom. The van der Waals surface area contributed by atoms with E-state index in [1.807, 2.05) is 24.3 Å². The molecule has 0 aromatic heterocycles. The molecule has 0 saturated heterocycles. The van der Waals surface area contributed by atoms with Crippen LogP contribution in [0.2, 0.25) is 19.1 Å². The number of hydrogen-bond acceptors (Lipinski definition) is 6. The topological polar surface area (TPSA) is 87.9 Å². The summed E-state index contributed by atoms with van der Waals surface area (Å²) >= 11 is 0. The van der Waals surface area contributed by atoms with Gasteiger partial charge in [0.25, 0.3) is 0 Å². The highest BCUT2D eigenvalue weighted by atomic mass is 28.3. The van der Waals surface area contributed by atoms with E-state index in [4.69, 9.17) is 19.9 Å². The number of aryl methyl sites for hydroxylation is 1. The van der Waals surface area contributed by atoms with E-state index < -0.39 is 25.6 Å². The molecule has 7 heteroatoms. The minimum absolute atomic E-state index is 0.105. The van der Waals surface area contributed by atoms with E-state index in [2.05, 4.69) is 43.4 Å². The molecule has 2 aromatic carbocycles. The Labute approximate surface area is 211 Å². The van der Waals surface area contributed by atoms with Crippen LogP contribution in [0.5, 0.6) is 5.75 Å². The van der Waals surface area contributed by atoms with Crippen LogP contribution in [-0.4, -0.2) is 45.4 Å². The van der Waals surface area contributed by atoms with Gasteiger partial charge in [0.1, 0.15) is 5.75 Å². The predicted molar refractivity (Wildman–Crippen MR) is 142 cm³/mol. The van der Waals surface area contributed by atoms with E-state index in [9.17, 15) is 9.59 Å². The number of carbonyl (C=O) groups excluding carboxylic acids is 2. The third-order valence-corrected chi connectivity index (χ3v) is 9.13. The summed E-state index contributed by atoms with van der Waals surface area (Å²) in [6.45, 7) is 9.25. The lowest BCUT2D eigenvalue weighted by atomic mass is 9.92. The Balaban J connectivity index is 1.77. The van der Waals surface area contributed by atoms with Gasteiger partial charge in [-0.15, -0.1) is 0 Å². The van der Waals surface area contributed by atoms with Crippen LogP contribution in [0.1, 0.15) is 44.2 Å². The molecule has 2 N–H and O–H groups in total. The summed E-state index contributed by atoms with van der Waals surface area (Å²) in [4.78, 5) is 24.6. The minimum Gasteiger partial charge on any atom is -0.494 e. The zero-order valence-electron chi connectivity index (χ0n) is 21.7. The molecule has 0 fully saturated rings. The highest BCUT2D eigenvalue weighted by Crippen LogP contribution is 2.21. The predicted octanol–water partition coefficient (Wildman–Crippen LogP) is 5.09. The Hall–Kier alpha value is -2.64. The molecule has 0 bridgehead atoms. The first-order chi connectivity index (χ1) is 16.7. The summed E-state index contributed by atoms with van der Waals surface area (Å²) in [5, 5.41) is 0. The van der Waals surface area contributed by atoms with Crippen LogP contribution in [-0.2, 0) is 31.5 Å². The second kappa shape index (κ2) is 14.0. The molecule has 192 valence electrons. The molecular formula is C28H41NO5Si. The molecule has 35 heavy (non-hydrogen) atoms. The fourth-order valence-electron chi connectivity index (χ4n) is 4.03. The maximum absolute atomic E-state index is 12.3. The molecule has 0 amide bonds. The van der Waals surface area contributed by atoms with E-state index in [-0.39, 0.29) is 19.6 Å². The van der Waals surface area contributed by atoms with Crippen molar-refractivity contribution in [2.45, 2.75) is 70.3 Å². The maximum Gasteiger partial charge on any atom is 0.337 e. The van der Waals surface area contributed by atoms with Crippen molar-refractivity contribution < 1.29 is 23.8 Å². The van der Waals surface area contributed by atoms with Crippen LogP contribution in [0, 0.1) is 0 Å². The maximum atomic E-state index is 12.3. The molecule has 2 rings (SSSR count). The van der Waals surface area contributed by atoms with Gasteiger partial charge in [-0.1, -0.05) is 73.6 Å². The summed E-state index contributed by atoms with van der Waals surface area (Å²) in [5.41, 5.74) is 6.72. The molecule has 0 radical (unpaired) electrons. The molecule has 0 atom stereocenters. The van der Waals surface area contributed by atoms with E-state index in [1.54, 1.807) is 13.8 Å². The molecule has 6 nitrogen and oxygen atoms in total. The van der Waals surface area contributed by atoms with Crippen molar-refractivity contribution in [1.29, 1.82) is 0 Å². The smallest absolute Gasteiger partial charge is 0.337 e. The molecule has 0 saturated carbocycles. The summed E-state index contributed by atoms with van der Waals surface area (Å²) in [7, 11) is -1.26. The van der Waals surface area contributed by atoms with Crippen molar-refractivity contribution in [1.82, 2.24) is 0 Å². The Kier molecular flexibility index (Phi) is 11.5. The van der Waals surface area contributed by atoms with Crippen molar-refractivity contribution in [2.24, 2.45) is 5.73 Å². The average Bonchev–Trinajstić information content (AvgIpc) is 2.83. The summed E-state index contributed by atoms with van der Waals surface area (Å²) in [6, 6.07) is 20.9. The first-order valence-corrected chi connectivity index (χ1v) is 16.0. The van der Waals surface area contributed by atoms with Gasteiger partial charge in [0, 0.05) is 0 Å². The Morgan fingerprint density at radius 1 is 0.857 bits per heavy atom. The fourth-order valence-corrected chi connectivity index (χ4v) is 6.76. The van der Waals surface area contributed by atoms with Gasteiger partial charge in [0.05, 0.1) is 27.9 Å². The first-order valence-electron chi connectivity index (χ1n) is 12.6. The largest absolute Gasteiger partial charge is 0.494 e. The highest BCUT2D eigenvalue weighted by Gasteiger charge is 2.44.